The van der Waals surface area contributed by atoms with Crippen molar-refractivity contribution in [3.05, 3.63) is 22.4 Å². The van der Waals surface area contributed by atoms with Gasteiger partial charge in [0.15, 0.2) is 0 Å². The number of hydrogen-bond acceptors (Lipinski definition) is 2. The highest BCUT2D eigenvalue weighted by Gasteiger charge is 2.31. The molecule has 1 saturated carbocycles. The second-order valence-electron chi connectivity index (χ2n) is 5.95. The van der Waals surface area contributed by atoms with Crippen LogP contribution in [0.4, 0.5) is 0 Å². The Morgan fingerprint density at radius 2 is 1.90 bits per heavy atom. The molecule has 114 valence electrons. The molecule has 21 heavy (non-hydrogen) atoms. The first-order valence-electron chi connectivity index (χ1n) is 7.48. The number of hydrogen-bond donors (Lipinski definition) is 1. The van der Waals surface area contributed by atoms with E-state index in [1.807, 2.05) is 17.2 Å². The molecule has 0 bridgehead atoms. The molecule has 1 aromatic heterocycles. The average Bonchev–Trinajstić information content (AvgIpc) is 3.21. The Hall–Kier alpha value is -1.30. The summed E-state index contributed by atoms with van der Waals surface area (Å²) in [6.07, 6.45) is 5.99. The Labute approximate surface area is 132 Å². The third-order valence-corrected chi connectivity index (χ3v) is 4.60. The third kappa shape index (κ3) is 3.31. The molecule has 0 unspecified atom stereocenters. The Balaban J connectivity index is 1.65. The summed E-state index contributed by atoms with van der Waals surface area (Å²) in [5, 5.41) is 2.94. The van der Waals surface area contributed by atoms with Gasteiger partial charge in [0, 0.05) is 42.8 Å². The zero-order valence-electron chi connectivity index (χ0n) is 12.1. The number of aromatic nitrogens is 1. The first-order chi connectivity index (χ1) is 10.0. The van der Waals surface area contributed by atoms with E-state index in [1.165, 1.54) is 6.92 Å². The van der Waals surface area contributed by atoms with Crippen molar-refractivity contribution in [2.24, 2.45) is 0 Å². The van der Waals surface area contributed by atoms with Crippen molar-refractivity contribution in [1.29, 1.82) is 0 Å². The van der Waals surface area contributed by atoms with Crippen molar-refractivity contribution in [3.63, 3.8) is 0 Å². The lowest BCUT2D eigenvalue weighted by molar-refractivity contribution is -0.119. The summed E-state index contributed by atoms with van der Waals surface area (Å²) in [5.41, 5.74) is 0.780. The number of nitrogens with zero attached hydrogens (tertiary/aromatic N) is 2. The van der Waals surface area contributed by atoms with E-state index in [2.05, 4.69) is 25.8 Å². The molecule has 1 saturated heterocycles. The quantitative estimate of drug-likeness (QED) is 0.906. The van der Waals surface area contributed by atoms with Crippen molar-refractivity contribution < 1.29 is 9.59 Å². The van der Waals surface area contributed by atoms with E-state index in [9.17, 15) is 9.59 Å². The molecule has 2 heterocycles. The second-order valence-corrected chi connectivity index (χ2v) is 6.86. The highest BCUT2D eigenvalue weighted by atomic mass is 79.9. The number of halogens is 1. The van der Waals surface area contributed by atoms with Crippen molar-refractivity contribution >= 4 is 27.7 Å². The minimum Gasteiger partial charge on any atom is -0.353 e. The molecular formula is C15H20BrN3O2. The summed E-state index contributed by atoms with van der Waals surface area (Å²) in [6.45, 7) is 2.95. The fourth-order valence-electron chi connectivity index (χ4n) is 2.95. The van der Waals surface area contributed by atoms with Gasteiger partial charge in [-0.3, -0.25) is 9.59 Å². The lowest BCUT2D eigenvalue weighted by atomic mass is 10.0. The van der Waals surface area contributed by atoms with Gasteiger partial charge in [0.25, 0.3) is 5.91 Å². The van der Waals surface area contributed by atoms with Crippen LogP contribution in [0.15, 0.2) is 16.7 Å². The largest absolute Gasteiger partial charge is 0.353 e. The van der Waals surface area contributed by atoms with Gasteiger partial charge in [0.2, 0.25) is 5.91 Å². The van der Waals surface area contributed by atoms with Crippen molar-refractivity contribution in [2.45, 2.75) is 44.7 Å². The monoisotopic (exact) mass is 353 g/mol. The van der Waals surface area contributed by atoms with E-state index in [1.54, 1.807) is 0 Å². The summed E-state index contributed by atoms with van der Waals surface area (Å²) in [7, 11) is 0. The van der Waals surface area contributed by atoms with Gasteiger partial charge in [0.1, 0.15) is 5.69 Å². The average molecular weight is 354 g/mol. The van der Waals surface area contributed by atoms with Crippen LogP contribution in [-0.2, 0) is 4.79 Å². The van der Waals surface area contributed by atoms with Gasteiger partial charge >= 0.3 is 0 Å². The molecule has 0 spiro atoms. The second kappa shape index (κ2) is 5.83. The van der Waals surface area contributed by atoms with Crippen molar-refractivity contribution in [2.75, 3.05) is 13.1 Å². The summed E-state index contributed by atoms with van der Waals surface area (Å²) in [6, 6.07) is 2.61. The molecule has 1 aliphatic carbocycles. The molecule has 3 rings (SSSR count). The molecule has 2 amide bonds. The fraction of sp³-hybridized carbons (Fsp3) is 0.600. The van der Waals surface area contributed by atoms with Crippen LogP contribution >= 0.6 is 15.9 Å². The Morgan fingerprint density at radius 1 is 1.24 bits per heavy atom. The van der Waals surface area contributed by atoms with E-state index in [0.717, 1.165) is 35.8 Å². The molecule has 2 aliphatic rings. The number of rotatable bonds is 3. The summed E-state index contributed by atoms with van der Waals surface area (Å²) in [5.74, 6) is 0.111. The van der Waals surface area contributed by atoms with E-state index in [0.29, 0.717) is 19.1 Å². The number of nitrogens with one attached hydrogen (secondary N) is 1. The SMILES string of the molecule is CC(=O)NC1CCN(C(=O)c2cc(Br)cn2C2CC2)CC1. The van der Waals surface area contributed by atoms with Gasteiger partial charge in [-0.25, -0.2) is 0 Å². The standard InChI is InChI=1S/C15H20BrN3O2/c1-10(20)17-12-4-6-18(7-5-12)15(21)14-8-11(16)9-19(14)13-2-3-13/h8-9,12-13H,2-7H2,1H3,(H,17,20). The smallest absolute Gasteiger partial charge is 0.270 e. The lowest BCUT2D eigenvalue weighted by Crippen LogP contribution is -2.46. The maximum absolute atomic E-state index is 12.7. The minimum absolute atomic E-state index is 0.00585. The highest BCUT2D eigenvalue weighted by Crippen LogP contribution is 2.37. The number of likely N-dealkylation sites (tertiary alicyclic amines) is 1. The molecule has 5 nitrogen and oxygen atoms in total. The predicted molar refractivity (Wildman–Crippen MR) is 83.1 cm³/mol. The van der Waals surface area contributed by atoms with Gasteiger partial charge in [0.05, 0.1) is 0 Å². The Morgan fingerprint density at radius 3 is 2.48 bits per heavy atom. The van der Waals surface area contributed by atoms with Crippen LogP contribution in [-0.4, -0.2) is 40.4 Å². The number of carbonyl (C=O) groups excluding carboxylic acids is 2. The normalized spacial score (nSPS) is 19.6. The lowest BCUT2D eigenvalue weighted by Gasteiger charge is -2.32. The number of piperidine rings is 1. The molecule has 6 heteroatoms. The molecule has 1 N–H and O–H groups in total. The number of amides is 2. The third-order valence-electron chi connectivity index (χ3n) is 4.16. The van der Waals surface area contributed by atoms with Crippen LogP contribution in [0, 0.1) is 0 Å². The van der Waals surface area contributed by atoms with Gasteiger partial charge in [-0.15, -0.1) is 0 Å². The van der Waals surface area contributed by atoms with Gasteiger partial charge in [-0.2, -0.15) is 0 Å². The van der Waals surface area contributed by atoms with E-state index in [4.69, 9.17) is 0 Å². The molecule has 1 aromatic rings. The molecule has 2 fully saturated rings. The molecule has 1 aliphatic heterocycles. The van der Waals surface area contributed by atoms with Gasteiger partial charge in [-0.1, -0.05) is 0 Å². The molecule has 0 radical (unpaired) electrons. The Bertz CT molecular complexity index is 557. The topological polar surface area (TPSA) is 54.3 Å². The maximum atomic E-state index is 12.7. The van der Waals surface area contributed by atoms with Crippen LogP contribution in [0.3, 0.4) is 0 Å². The van der Waals surface area contributed by atoms with E-state index in [-0.39, 0.29) is 17.9 Å². The van der Waals surface area contributed by atoms with Crippen LogP contribution < -0.4 is 5.32 Å². The van der Waals surface area contributed by atoms with E-state index >= 15 is 0 Å². The molecule has 0 atom stereocenters. The van der Waals surface area contributed by atoms with Crippen LogP contribution in [0.25, 0.3) is 0 Å². The first kappa shape index (κ1) is 14.6. The van der Waals surface area contributed by atoms with Gasteiger partial charge in [-0.05, 0) is 47.7 Å². The maximum Gasteiger partial charge on any atom is 0.270 e. The fourth-order valence-corrected chi connectivity index (χ4v) is 3.39. The van der Waals surface area contributed by atoms with Crippen molar-refractivity contribution in [1.82, 2.24) is 14.8 Å². The first-order valence-corrected chi connectivity index (χ1v) is 8.27. The Kier molecular flexibility index (Phi) is 4.06. The van der Waals surface area contributed by atoms with E-state index < -0.39 is 0 Å². The molecular weight excluding hydrogens is 334 g/mol. The summed E-state index contributed by atoms with van der Waals surface area (Å²) < 4.78 is 3.07. The van der Waals surface area contributed by atoms with Crippen LogP contribution in [0.2, 0.25) is 0 Å². The zero-order valence-corrected chi connectivity index (χ0v) is 13.7. The number of carbonyl (C=O) groups is 2. The highest BCUT2D eigenvalue weighted by molar-refractivity contribution is 9.10. The van der Waals surface area contributed by atoms with Crippen LogP contribution in [0.5, 0.6) is 0 Å². The summed E-state index contributed by atoms with van der Waals surface area (Å²) in [4.78, 5) is 25.7. The molecule has 0 aromatic carbocycles. The van der Waals surface area contributed by atoms with Crippen molar-refractivity contribution in [3.8, 4) is 0 Å². The van der Waals surface area contributed by atoms with Gasteiger partial charge < -0.3 is 14.8 Å². The minimum atomic E-state index is 0.00585. The predicted octanol–water partition coefficient (Wildman–Crippen LogP) is 2.33. The summed E-state index contributed by atoms with van der Waals surface area (Å²) >= 11 is 3.47. The van der Waals surface area contributed by atoms with Crippen LogP contribution in [0.1, 0.15) is 49.1 Å². The zero-order chi connectivity index (χ0) is 15.0.